The number of rotatable bonds is 9. The molecule has 1 aromatic heterocycles. The van der Waals surface area contributed by atoms with Gasteiger partial charge in [0.15, 0.2) is 17.3 Å². The summed E-state index contributed by atoms with van der Waals surface area (Å²) < 4.78 is 19.3. The second-order valence-corrected chi connectivity index (χ2v) is 12.1. The molecule has 226 valence electrons. The molecular formula is C34H30BrCl2N3O4. The Bertz CT molecular complexity index is 1960. The largest absolute Gasteiger partial charge is 0.496 e. The van der Waals surface area contributed by atoms with Crippen LogP contribution in [0.15, 0.2) is 81.1 Å². The lowest BCUT2D eigenvalue weighted by molar-refractivity contribution is 0.284. The van der Waals surface area contributed by atoms with Crippen LogP contribution in [0.25, 0.3) is 22.3 Å². The Morgan fingerprint density at radius 3 is 2.43 bits per heavy atom. The smallest absolute Gasteiger partial charge is 0.282 e. The molecular weight excluding hydrogens is 665 g/mol. The Hall–Kier alpha value is -3.85. The van der Waals surface area contributed by atoms with Crippen LogP contribution >= 0.6 is 39.1 Å². The predicted molar refractivity (Wildman–Crippen MR) is 181 cm³/mol. The number of benzene rings is 4. The first kappa shape index (κ1) is 31.6. The number of nitrogens with zero attached hydrogens (tertiary/aromatic N) is 3. The Labute approximate surface area is 274 Å². The van der Waals surface area contributed by atoms with Gasteiger partial charge in [0.1, 0.15) is 12.4 Å². The van der Waals surface area contributed by atoms with Gasteiger partial charge >= 0.3 is 0 Å². The molecule has 0 fully saturated rings. The molecule has 0 saturated heterocycles. The van der Waals surface area contributed by atoms with E-state index in [9.17, 15) is 4.79 Å². The van der Waals surface area contributed by atoms with Gasteiger partial charge in [-0.15, -0.1) is 0 Å². The molecule has 0 aliphatic carbocycles. The summed E-state index contributed by atoms with van der Waals surface area (Å²) in [6.45, 7) is 6.37. The van der Waals surface area contributed by atoms with Crippen LogP contribution in [0.1, 0.15) is 42.0 Å². The molecule has 0 radical (unpaired) electrons. The summed E-state index contributed by atoms with van der Waals surface area (Å²) in [5.74, 6) is 2.39. The molecule has 0 spiro atoms. The second kappa shape index (κ2) is 13.4. The van der Waals surface area contributed by atoms with E-state index in [1.165, 1.54) is 4.68 Å². The number of aryl methyl sites for hydroxylation is 1. The lowest BCUT2D eigenvalue weighted by Crippen LogP contribution is -2.21. The molecule has 5 rings (SSSR count). The predicted octanol–water partition coefficient (Wildman–Crippen LogP) is 9.04. The number of fused-ring (bicyclic) bond motifs is 1. The van der Waals surface area contributed by atoms with Crippen LogP contribution in [-0.2, 0) is 6.61 Å². The molecule has 0 saturated carbocycles. The minimum atomic E-state index is -0.286. The fourth-order valence-electron chi connectivity index (χ4n) is 4.81. The number of methoxy groups -OCH3 is 2. The van der Waals surface area contributed by atoms with E-state index in [1.807, 2.05) is 43.3 Å². The van der Waals surface area contributed by atoms with Crippen molar-refractivity contribution in [2.75, 3.05) is 14.2 Å². The van der Waals surface area contributed by atoms with Crippen LogP contribution in [-0.4, -0.2) is 30.1 Å². The van der Waals surface area contributed by atoms with Crippen molar-refractivity contribution < 1.29 is 14.2 Å². The molecule has 0 N–H and O–H groups in total. The highest BCUT2D eigenvalue weighted by atomic mass is 79.9. The standard InChI is InChI=1S/C34H30BrCl2N3O4/c1-19(2)25-15-26(20(3)12-30(25)42-4)33-39-29-9-7-6-8-24(29)34(41)40(33)38-17-22-13-31(43-5)32(16-27(22)35)44-18-21-10-11-23(36)14-28(21)37/h6-17,19H,18H2,1-5H3. The number of aromatic nitrogens is 2. The molecule has 4 aromatic carbocycles. The lowest BCUT2D eigenvalue weighted by atomic mass is 9.96. The van der Waals surface area contributed by atoms with Gasteiger partial charge in [-0.3, -0.25) is 4.79 Å². The van der Waals surface area contributed by atoms with Crippen molar-refractivity contribution in [3.8, 4) is 28.6 Å². The van der Waals surface area contributed by atoms with Crippen LogP contribution in [0.2, 0.25) is 10.0 Å². The van der Waals surface area contributed by atoms with E-state index in [1.54, 1.807) is 50.8 Å². The molecule has 0 aliphatic heterocycles. The van der Waals surface area contributed by atoms with Crippen molar-refractivity contribution in [2.45, 2.75) is 33.3 Å². The summed E-state index contributed by atoms with van der Waals surface area (Å²) in [6.07, 6.45) is 1.59. The van der Waals surface area contributed by atoms with Crippen LogP contribution in [0, 0.1) is 6.92 Å². The SMILES string of the molecule is COc1cc(C=Nn2c(-c3cc(C(C)C)c(OC)cc3C)nc3ccccc3c2=O)c(Br)cc1OCc1ccc(Cl)cc1Cl. The monoisotopic (exact) mass is 693 g/mol. The third kappa shape index (κ3) is 6.48. The molecule has 0 bridgehead atoms. The van der Waals surface area contributed by atoms with E-state index in [0.29, 0.717) is 48.3 Å². The fraction of sp³-hybridized carbons (Fsp3) is 0.206. The van der Waals surface area contributed by atoms with Crippen molar-refractivity contribution in [1.29, 1.82) is 0 Å². The second-order valence-electron chi connectivity index (χ2n) is 10.4. The van der Waals surface area contributed by atoms with Gasteiger partial charge in [-0.05, 0) is 88.4 Å². The molecule has 44 heavy (non-hydrogen) atoms. The zero-order valence-electron chi connectivity index (χ0n) is 24.8. The van der Waals surface area contributed by atoms with Gasteiger partial charge in [0.2, 0.25) is 0 Å². The first-order valence-electron chi connectivity index (χ1n) is 13.8. The molecule has 10 heteroatoms. The summed E-state index contributed by atoms with van der Waals surface area (Å²) in [7, 11) is 3.21. The number of hydrogen-bond donors (Lipinski definition) is 0. The minimum Gasteiger partial charge on any atom is -0.496 e. The third-order valence-electron chi connectivity index (χ3n) is 7.19. The van der Waals surface area contributed by atoms with Gasteiger partial charge in [-0.25, -0.2) is 4.98 Å². The van der Waals surface area contributed by atoms with E-state index < -0.39 is 0 Å². The minimum absolute atomic E-state index is 0.188. The van der Waals surface area contributed by atoms with Gasteiger partial charge in [0.25, 0.3) is 5.56 Å². The molecule has 0 unspecified atom stereocenters. The molecule has 0 atom stereocenters. The number of hydrogen-bond acceptors (Lipinski definition) is 6. The highest BCUT2D eigenvalue weighted by Gasteiger charge is 2.19. The van der Waals surface area contributed by atoms with E-state index in [0.717, 1.165) is 28.0 Å². The van der Waals surface area contributed by atoms with E-state index >= 15 is 0 Å². The van der Waals surface area contributed by atoms with Crippen LogP contribution < -0.4 is 19.8 Å². The van der Waals surface area contributed by atoms with Gasteiger partial charge in [-0.2, -0.15) is 9.78 Å². The maximum atomic E-state index is 13.8. The average Bonchev–Trinajstić information content (AvgIpc) is 3.00. The Balaban J connectivity index is 1.58. The lowest BCUT2D eigenvalue weighted by Gasteiger charge is -2.17. The van der Waals surface area contributed by atoms with Crippen LogP contribution in [0.3, 0.4) is 0 Å². The van der Waals surface area contributed by atoms with Crippen molar-refractivity contribution >= 4 is 56.2 Å². The van der Waals surface area contributed by atoms with Crippen molar-refractivity contribution in [3.05, 3.63) is 114 Å². The van der Waals surface area contributed by atoms with Gasteiger partial charge < -0.3 is 14.2 Å². The fourth-order valence-corrected chi connectivity index (χ4v) is 5.70. The highest BCUT2D eigenvalue weighted by Crippen LogP contribution is 2.36. The molecule has 0 amide bonds. The van der Waals surface area contributed by atoms with Crippen molar-refractivity contribution in [3.63, 3.8) is 0 Å². The Kier molecular flexibility index (Phi) is 9.63. The van der Waals surface area contributed by atoms with Crippen LogP contribution in [0.4, 0.5) is 0 Å². The number of ether oxygens (including phenoxy) is 3. The maximum absolute atomic E-state index is 13.8. The van der Waals surface area contributed by atoms with Gasteiger partial charge in [-0.1, -0.05) is 55.2 Å². The zero-order chi connectivity index (χ0) is 31.5. The first-order valence-corrected chi connectivity index (χ1v) is 15.4. The third-order valence-corrected chi connectivity index (χ3v) is 8.46. The van der Waals surface area contributed by atoms with Crippen LogP contribution in [0.5, 0.6) is 17.2 Å². The number of para-hydroxylation sites is 1. The maximum Gasteiger partial charge on any atom is 0.282 e. The summed E-state index contributed by atoms with van der Waals surface area (Å²) in [4.78, 5) is 18.7. The normalized spacial score (nSPS) is 11.5. The van der Waals surface area contributed by atoms with Gasteiger partial charge in [0, 0.05) is 31.2 Å². The number of halogens is 3. The molecule has 0 aliphatic rings. The zero-order valence-corrected chi connectivity index (χ0v) is 27.9. The van der Waals surface area contributed by atoms with Crippen molar-refractivity contribution in [1.82, 2.24) is 9.66 Å². The quantitative estimate of drug-likeness (QED) is 0.144. The topological polar surface area (TPSA) is 74.9 Å². The molecule has 1 heterocycles. The van der Waals surface area contributed by atoms with Gasteiger partial charge in [0.05, 0.1) is 31.3 Å². The summed E-state index contributed by atoms with van der Waals surface area (Å²) >= 11 is 16.0. The Morgan fingerprint density at radius 1 is 0.977 bits per heavy atom. The first-order chi connectivity index (χ1) is 21.1. The van der Waals surface area contributed by atoms with E-state index in [2.05, 4.69) is 34.9 Å². The molecule has 5 aromatic rings. The van der Waals surface area contributed by atoms with E-state index in [-0.39, 0.29) is 18.1 Å². The Morgan fingerprint density at radius 2 is 1.73 bits per heavy atom. The van der Waals surface area contributed by atoms with E-state index in [4.69, 9.17) is 42.4 Å². The summed E-state index contributed by atoms with van der Waals surface area (Å²) in [6, 6.07) is 20.1. The van der Waals surface area contributed by atoms with Crippen molar-refractivity contribution in [2.24, 2.45) is 5.10 Å². The highest BCUT2D eigenvalue weighted by molar-refractivity contribution is 9.10. The molecule has 7 nitrogen and oxygen atoms in total. The summed E-state index contributed by atoms with van der Waals surface area (Å²) in [5, 5.41) is 6.19. The average molecular weight is 695 g/mol. The summed E-state index contributed by atoms with van der Waals surface area (Å²) in [5.41, 5.74) is 4.45.